The van der Waals surface area contributed by atoms with Gasteiger partial charge in [-0.3, -0.25) is 0 Å². The molecule has 1 aromatic rings. The van der Waals surface area contributed by atoms with Crippen LogP contribution in [0, 0.1) is 0 Å². The number of nitrogen functional groups attached to an aromatic ring is 1. The van der Waals surface area contributed by atoms with Gasteiger partial charge in [0.05, 0.1) is 38.1 Å². The first kappa shape index (κ1) is 11.7. The maximum Gasteiger partial charge on any atom is 0.0851 e. The quantitative estimate of drug-likeness (QED) is 0.615. The van der Waals surface area contributed by atoms with Crippen molar-refractivity contribution < 1.29 is 14.2 Å². The van der Waals surface area contributed by atoms with Crippen molar-refractivity contribution in [3.63, 3.8) is 0 Å². The number of anilines is 1. The van der Waals surface area contributed by atoms with Crippen LogP contribution in [0.4, 0.5) is 5.69 Å². The van der Waals surface area contributed by atoms with E-state index in [0.717, 1.165) is 44.8 Å². The molecule has 3 saturated heterocycles. The predicted octanol–water partition coefficient (Wildman–Crippen LogP) is 1.09. The number of hydrogen-bond donors (Lipinski definition) is 1. The van der Waals surface area contributed by atoms with Crippen LogP contribution < -0.4 is 5.73 Å². The van der Waals surface area contributed by atoms with Gasteiger partial charge in [0.2, 0.25) is 0 Å². The SMILES string of the molecule is Nc1c(CC2CO2)ccc(CC2CO2)c1CC1CO1. The van der Waals surface area contributed by atoms with Crippen LogP contribution >= 0.6 is 0 Å². The summed E-state index contributed by atoms with van der Waals surface area (Å²) in [6, 6.07) is 4.37. The summed E-state index contributed by atoms with van der Waals surface area (Å²) >= 11 is 0. The Bertz CT molecular complexity index is 490. The largest absolute Gasteiger partial charge is 0.398 e. The van der Waals surface area contributed by atoms with Gasteiger partial charge in [0, 0.05) is 24.9 Å². The van der Waals surface area contributed by atoms with E-state index in [9.17, 15) is 0 Å². The number of benzene rings is 1. The lowest BCUT2D eigenvalue weighted by molar-refractivity contribution is 0.401. The highest BCUT2D eigenvalue weighted by molar-refractivity contribution is 5.58. The molecule has 4 heteroatoms. The summed E-state index contributed by atoms with van der Waals surface area (Å²) in [5.74, 6) is 0. The van der Waals surface area contributed by atoms with Gasteiger partial charge in [0.25, 0.3) is 0 Å². The number of hydrogen-bond acceptors (Lipinski definition) is 4. The first-order chi connectivity index (χ1) is 9.29. The maximum atomic E-state index is 6.38. The van der Waals surface area contributed by atoms with Gasteiger partial charge in [0.1, 0.15) is 0 Å². The third-order valence-electron chi connectivity index (χ3n) is 4.08. The highest BCUT2D eigenvalue weighted by atomic mass is 16.6. The molecule has 19 heavy (non-hydrogen) atoms. The van der Waals surface area contributed by atoms with E-state index in [4.69, 9.17) is 19.9 Å². The Labute approximate surface area is 112 Å². The molecule has 1 aromatic carbocycles. The minimum Gasteiger partial charge on any atom is -0.398 e. The number of rotatable bonds is 6. The van der Waals surface area contributed by atoms with Gasteiger partial charge in [-0.25, -0.2) is 0 Å². The first-order valence-electron chi connectivity index (χ1n) is 7.03. The van der Waals surface area contributed by atoms with Crippen LogP contribution in [-0.2, 0) is 33.5 Å². The molecule has 0 spiro atoms. The van der Waals surface area contributed by atoms with Gasteiger partial charge < -0.3 is 19.9 Å². The molecule has 2 N–H and O–H groups in total. The Hall–Kier alpha value is -1.10. The maximum absolute atomic E-state index is 6.38. The van der Waals surface area contributed by atoms with Crippen molar-refractivity contribution in [2.24, 2.45) is 0 Å². The number of ether oxygens (including phenoxy) is 3. The van der Waals surface area contributed by atoms with Crippen molar-refractivity contribution in [2.75, 3.05) is 25.6 Å². The van der Waals surface area contributed by atoms with Crippen LogP contribution in [0.3, 0.4) is 0 Å². The van der Waals surface area contributed by atoms with E-state index in [1.54, 1.807) is 0 Å². The molecule has 102 valence electrons. The van der Waals surface area contributed by atoms with E-state index in [2.05, 4.69) is 12.1 Å². The van der Waals surface area contributed by atoms with Crippen molar-refractivity contribution in [1.29, 1.82) is 0 Å². The van der Waals surface area contributed by atoms with Crippen LogP contribution in [0.5, 0.6) is 0 Å². The van der Waals surface area contributed by atoms with E-state index >= 15 is 0 Å². The second kappa shape index (κ2) is 4.47. The smallest absolute Gasteiger partial charge is 0.0851 e. The van der Waals surface area contributed by atoms with E-state index in [-0.39, 0.29) is 0 Å². The molecule has 0 radical (unpaired) electrons. The van der Waals surface area contributed by atoms with Crippen LogP contribution in [0.15, 0.2) is 12.1 Å². The van der Waals surface area contributed by atoms with Crippen molar-refractivity contribution in [3.05, 3.63) is 28.8 Å². The summed E-state index contributed by atoms with van der Waals surface area (Å²) in [6.07, 6.45) is 4.00. The van der Waals surface area contributed by atoms with Gasteiger partial charge in [0.15, 0.2) is 0 Å². The van der Waals surface area contributed by atoms with E-state index in [0.29, 0.717) is 18.3 Å². The van der Waals surface area contributed by atoms with Gasteiger partial charge in [-0.15, -0.1) is 0 Å². The molecule has 3 aliphatic heterocycles. The summed E-state index contributed by atoms with van der Waals surface area (Å²) in [6.45, 7) is 2.63. The Morgan fingerprint density at radius 2 is 1.32 bits per heavy atom. The zero-order valence-corrected chi connectivity index (χ0v) is 10.9. The molecule has 3 heterocycles. The van der Waals surface area contributed by atoms with Crippen LogP contribution in [0.1, 0.15) is 16.7 Å². The predicted molar refractivity (Wildman–Crippen MR) is 71.2 cm³/mol. The molecule has 0 bridgehead atoms. The van der Waals surface area contributed by atoms with E-state index in [1.165, 1.54) is 16.7 Å². The first-order valence-corrected chi connectivity index (χ1v) is 7.03. The lowest BCUT2D eigenvalue weighted by Crippen LogP contribution is -2.10. The van der Waals surface area contributed by atoms with E-state index < -0.39 is 0 Å². The minimum atomic E-state index is 0.369. The zero-order valence-electron chi connectivity index (χ0n) is 10.9. The van der Waals surface area contributed by atoms with Crippen molar-refractivity contribution in [1.82, 2.24) is 0 Å². The van der Waals surface area contributed by atoms with Crippen LogP contribution in [0.2, 0.25) is 0 Å². The summed E-state index contributed by atoms with van der Waals surface area (Å²) < 4.78 is 16.0. The van der Waals surface area contributed by atoms with Gasteiger partial charge in [-0.1, -0.05) is 12.1 Å². The monoisotopic (exact) mass is 261 g/mol. The van der Waals surface area contributed by atoms with Gasteiger partial charge in [-0.2, -0.15) is 0 Å². The number of epoxide rings is 3. The molecule has 3 unspecified atom stereocenters. The average molecular weight is 261 g/mol. The molecule has 0 aliphatic carbocycles. The molecular formula is C15H19NO3. The molecule has 3 atom stereocenters. The molecule has 4 rings (SSSR count). The second-order valence-corrected chi connectivity index (χ2v) is 5.75. The Balaban J connectivity index is 1.62. The third-order valence-corrected chi connectivity index (χ3v) is 4.08. The average Bonchev–Trinajstić information content (AvgIpc) is 3.25. The van der Waals surface area contributed by atoms with E-state index in [1.807, 2.05) is 0 Å². The lowest BCUT2D eigenvalue weighted by atomic mass is 9.93. The molecule has 0 saturated carbocycles. The molecule has 4 nitrogen and oxygen atoms in total. The molecular weight excluding hydrogens is 242 g/mol. The van der Waals surface area contributed by atoms with Gasteiger partial charge in [-0.05, 0) is 16.7 Å². The normalized spacial score (nSPS) is 31.3. The molecule has 3 aliphatic rings. The highest BCUT2D eigenvalue weighted by Crippen LogP contribution is 2.31. The Morgan fingerprint density at radius 3 is 1.89 bits per heavy atom. The van der Waals surface area contributed by atoms with Crippen LogP contribution in [-0.4, -0.2) is 38.1 Å². The second-order valence-electron chi connectivity index (χ2n) is 5.75. The Morgan fingerprint density at radius 1 is 0.842 bits per heavy atom. The Kier molecular flexibility index (Phi) is 2.76. The summed E-state index contributed by atoms with van der Waals surface area (Å²) in [5, 5.41) is 0. The van der Waals surface area contributed by atoms with Crippen molar-refractivity contribution >= 4 is 5.69 Å². The molecule has 0 amide bonds. The fourth-order valence-electron chi connectivity index (χ4n) is 2.64. The molecule has 3 fully saturated rings. The standard InChI is InChI=1S/C15H19NO3/c16-15-10(4-12-7-18-12)2-1-9(3-11-6-17-11)14(15)5-13-8-19-13/h1-2,11-13H,3-8,16H2. The fourth-order valence-corrected chi connectivity index (χ4v) is 2.64. The van der Waals surface area contributed by atoms with Crippen molar-refractivity contribution in [2.45, 2.75) is 37.6 Å². The minimum absolute atomic E-state index is 0.369. The topological polar surface area (TPSA) is 63.6 Å². The zero-order chi connectivity index (χ0) is 12.8. The fraction of sp³-hybridized carbons (Fsp3) is 0.600. The third kappa shape index (κ3) is 2.76. The summed E-state index contributed by atoms with van der Waals surface area (Å²) in [7, 11) is 0. The highest BCUT2D eigenvalue weighted by Gasteiger charge is 2.30. The van der Waals surface area contributed by atoms with Gasteiger partial charge >= 0.3 is 0 Å². The van der Waals surface area contributed by atoms with Crippen LogP contribution in [0.25, 0.3) is 0 Å². The number of nitrogens with two attached hydrogens (primary N) is 1. The molecule has 0 aromatic heterocycles. The summed E-state index contributed by atoms with van der Waals surface area (Å²) in [4.78, 5) is 0. The van der Waals surface area contributed by atoms with Crippen molar-refractivity contribution in [3.8, 4) is 0 Å². The summed E-state index contributed by atoms with van der Waals surface area (Å²) in [5.41, 5.74) is 11.2. The lowest BCUT2D eigenvalue weighted by Gasteiger charge is -2.15.